The summed E-state index contributed by atoms with van der Waals surface area (Å²) in [5.41, 5.74) is -3.56. The first-order valence-electron chi connectivity index (χ1n) is 19.1. The summed E-state index contributed by atoms with van der Waals surface area (Å²) in [5.74, 6) is -0.155. The van der Waals surface area contributed by atoms with Gasteiger partial charge in [-0.25, -0.2) is 38.9 Å². The minimum absolute atomic E-state index is 0.0532. The topological polar surface area (TPSA) is 181 Å². The third-order valence-electron chi connectivity index (χ3n) is 9.39. The van der Waals surface area contributed by atoms with Crippen molar-refractivity contribution in [1.29, 1.82) is 0 Å². The molecule has 1 fully saturated rings. The summed E-state index contributed by atoms with van der Waals surface area (Å²) in [5, 5.41) is 19.5. The largest absolute Gasteiger partial charge is 0.465 e. The van der Waals surface area contributed by atoms with Gasteiger partial charge in [0.2, 0.25) is 5.95 Å². The molecular weight excluding hydrogens is 818 g/mol. The molecule has 15 nitrogen and oxygen atoms in total. The second-order valence-corrected chi connectivity index (χ2v) is 16.5. The molecule has 0 atom stereocenters. The average Bonchev–Trinajstić information content (AvgIpc) is 3.48. The number of carboxylic acid groups (broad SMARTS) is 1. The standard InChI is InChI=1S/C40H46F6N8O7/c1-9-21-14-22(29-19-30(51-52(29)8)49-33(55)48-26-17-24(39(41,42)43)16-25(18-26)40(44,45)46)15-23-20-47-32(50-31(21)23)53(34(56)57)27-10-12-28(13-11-27)54(35(58)60-37(2,3)4)36(59)61-38(5,6)7/h14-20,27-28H,9-13H2,1-8H3,(H,56,57)(H2,48,49,51,55). The van der Waals surface area contributed by atoms with Gasteiger partial charge in [0, 0.05) is 48.0 Å². The number of urea groups is 1. The number of hydrogen-bond acceptors (Lipinski definition) is 9. The van der Waals surface area contributed by atoms with E-state index >= 15 is 0 Å². The van der Waals surface area contributed by atoms with E-state index in [0.717, 1.165) is 9.80 Å². The number of amides is 5. The van der Waals surface area contributed by atoms with Crippen molar-refractivity contribution in [3.63, 3.8) is 0 Å². The maximum Gasteiger partial charge on any atom is 0.420 e. The number of rotatable bonds is 7. The molecule has 0 unspecified atom stereocenters. The molecule has 4 aromatic rings. The van der Waals surface area contributed by atoms with Crippen LogP contribution in [0.2, 0.25) is 0 Å². The summed E-state index contributed by atoms with van der Waals surface area (Å²) >= 11 is 0. The van der Waals surface area contributed by atoms with Crippen LogP contribution in [-0.2, 0) is 35.3 Å². The molecule has 0 spiro atoms. The number of aromatic nitrogens is 4. The minimum Gasteiger partial charge on any atom is -0.465 e. The van der Waals surface area contributed by atoms with Crippen molar-refractivity contribution in [2.75, 3.05) is 15.5 Å². The first-order chi connectivity index (χ1) is 28.1. The van der Waals surface area contributed by atoms with Gasteiger partial charge in [0.15, 0.2) is 5.82 Å². The lowest BCUT2D eigenvalue weighted by Gasteiger charge is -2.38. The van der Waals surface area contributed by atoms with Gasteiger partial charge in [0.25, 0.3) is 0 Å². The molecule has 2 aromatic carbocycles. The van der Waals surface area contributed by atoms with Crippen molar-refractivity contribution in [2.24, 2.45) is 7.05 Å². The first-order valence-corrected chi connectivity index (χ1v) is 19.1. The monoisotopic (exact) mass is 864 g/mol. The normalized spacial score (nSPS) is 16.2. The van der Waals surface area contributed by atoms with Gasteiger partial charge in [0.1, 0.15) is 11.2 Å². The van der Waals surface area contributed by atoms with Crippen LogP contribution in [0.25, 0.3) is 22.2 Å². The maximum atomic E-state index is 13.3. The van der Waals surface area contributed by atoms with Crippen LogP contribution < -0.4 is 15.5 Å². The number of ether oxygens (including phenoxy) is 2. The van der Waals surface area contributed by atoms with E-state index in [2.05, 4.69) is 20.4 Å². The number of nitrogens with zero attached hydrogens (tertiary/aromatic N) is 6. The van der Waals surface area contributed by atoms with Crippen LogP contribution in [0.1, 0.15) is 90.8 Å². The van der Waals surface area contributed by atoms with Crippen LogP contribution in [0, 0.1) is 0 Å². The van der Waals surface area contributed by atoms with Gasteiger partial charge in [-0.05, 0) is 110 Å². The molecule has 3 N–H and O–H groups in total. The van der Waals surface area contributed by atoms with Crippen molar-refractivity contribution in [3.05, 3.63) is 59.3 Å². The molecule has 1 saturated carbocycles. The third kappa shape index (κ3) is 11.4. The van der Waals surface area contributed by atoms with Gasteiger partial charge in [-0.15, -0.1) is 0 Å². The Morgan fingerprint density at radius 3 is 1.84 bits per heavy atom. The van der Waals surface area contributed by atoms with E-state index in [-0.39, 0.29) is 43.5 Å². The zero-order chi connectivity index (χ0) is 45.4. The Balaban J connectivity index is 1.35. The predicted octanol–water partition coefficient (Wildman–Crippen LogP) is 10.2. The lowest BCUT2D eigenvalue weighted by Crippen LogP contribution is -2.52. The fourth-order valence-electron chi connectivity index (χ4n) is 6.82. The molecular formula is C40H46F6N8O7. The molecule has 21 heteroatoms. The number of hydrogen-bond donors (Lipinski definition) is 3. The number of aryl methyl sites for hydroxylation is 2. The van der Waals surface area contributed by atoms with Crippen LogP contribution in [-0.4, -0.2) is 77.4 Å². The second-order valence-electron chi connectivity index (χ2n) is 16.5. The van der Waals surface area contributed by atoms with Crippen LogP contribution in [0.4, 0.5) is 63.0 Å². The van der Waals surface area contributed by atoms with Crippen LogP contribution in [0.5, 0.6) is 0 Å². The Kier molecular flexibility index (Phi) is 12.9. The number of fused-ring (bicyclic) bond motifs is 1. The molecule has 61 heavy (non-hydrogen) atoms. The lowest BCUT2D eigenvalue weighted by atomic mass is 9.89. The number of carbonyl (C=O) groups excluding carboxylic acids is 3. The number of imide groups is 1. The predicted molar refractivity (Wildman–Crippen MR) is 211 cm³/mol. The minimum atomic E-state index is -5.11. The van der Waals surface area contributed by atoms with E-state index < -0.39 is 76.8 Å². The smallest absolute Gasteiger partial charge is 0.420 e. The Labute approximate surface area is 346 Å². The molecule has 5 amide bonds. The van der Waals surface area contributed by atoms with Gasteiger partial charge in [0.05, 0.1) is 22.3 Å². The summed E-state index contributed by atoms with van der Waals surface area (Å²) in [6, 6.07) is 3.25. The third-order valence-corrected chi connectivity index (χ3v) is 9.39. The average molecular weight is 865 g/mol. The van der Waals surface area contributed by atoms with Gasteiger partial charge in [-0.2, -0.15) is 31.4 Å². The van der Waals surface area contributed by atoms with Gasteiger partial charge in [-0.1, -0.05) is 6.92 Å². The Morgan fingerprint density at radius 2 is 1.34 bits per heavy atom. The highest BCUT2D eigenvalue weighted by atomic mass is 19.4. The van der Waals surface area contributed by atoms with Crippen molar-refractivity contribution in [2.45, 2.75) is 116 Å². The van der Waals surface area contributed by atoms with Crippen molar-refractivity contribution < 1.29 is 60.1 Å². The molecule has 330 valence electrons. The summed E-state index contributed by atoms with van der Waals surface area (Å²) in [6.07, 6.45) is -10.4. The number of nitrogens with one attached hydrogen (secondary N) is 2. The first kappa shape index (κ1) is 45.9. The maximum absolute atomic E-state index is 13.3. The van der Waals surface area contributed by atoms with Crippen molar-refractivity contribution in [3.8, 4) is 11.3 Å². The van der Waals surface area contributed by atoms with E-state index in [9.17, 15) is 50.6 Å². The number of halogens is 6. The molecule has 2 aromatic heterocycles. The summed E-state index contributed by atoms with van der Waals surface area (Å²) in [6.45, 7) is 11.9. The zero-order valence-electron chi connectivity index (χ0n) is 34.6. The Bertz CT molecular complexity index is 2250. The molecule has 1 aliphatic rings. The molecule has 0 radical (unpaired) electrons. The second kappa shape index (κ2) is 17.1. The highest BCUT2D eigenvalue weighted by Crippen LogP contribution is 2.38. The van der Waals surface area contributed by atoms with E-state index in [1.54, 1.807) is 60.7 Å². The van der Waals surface area contributed by atoms with Crippen LogP contribution >= 0.6 is 0 Å². The fraction of sp³-hybridized carbons (Fsp3) is 0.475. The molecule has 1 aliphatic carbocycles. The highest BCUT2D eigenvalue weighted by molar-refractivity contribution is 6.00. The summed E-state index contributed by atoms with van der Waals surface area (Å²) < 4.78 is 92.4. The number of carbonyl (C=O) groups is 4. The van der Waals surface area contributed by atoms with Crippen molar-refractivity contribution >= 4 is 52.7 Å². The van der Waals surface area contributed by atoms with Crippen molar-refractivity contribution in [1.82, 2.24) is 24.6 Å². The van der Waals surface area contributed by atoms with E-state index in [0.29, 0.717) is 46.3 Å². The Morgan fingerprint density at radius 1 is 0.803 bits per heavy atom. The van der Waals surface area contributed by atoms with E-state index in [1.165, 1.54) is 16.9 Å². The molecule has 0 saturated heterocycles. The van der Waals surface area contributed by atoms with E-state index in [1.807, 2.05) is 12.2 Å². The van der Waals surface area contributed by atoms with Crippen LogP contribution in [0.15, 0.2) is 42.6 Å². The van der Waals surface area contributed by atoms with Gasteiger partial charge < -0.3 is 19.9 Å². The summed E-state index contributed by atoms with van der Waals surface area (Å²) in [4.78, 5) is 63.0. The lowest BCUT2D eigenvalue weighted by molar-refractivity contribution is -0.143. The number of anilines is 3. The molecule has 2 heterocycles. The summed E-state index contributed by atoms with van der Waals surface area (Å²) in [7, 11) is 1.55. The Hall–Kier alpha value is -6.15. The zero-order valence-corrected chi connectivity index (χ0v) is 34.6. The molecule has 5 rings (SSSR count). The van der Waals surface area contributed by atoms with Gasteiger partial charge >= 0.3 is 36.7 Å². The van der Waals surface area contributed by atoms with Gasteiger partial charge in [-0.3, -0.25) is 10.00 Å². The molecule has 0 bridgehead atoms. The van der Waals surface area contributed by atoms with Crippen LogP contribution in [0.3, 0.4) is 0 Å². The van der Waals surface area contributed by atoms with E-state index in [4.69, 9.17) is 9.47 Å². The number of alkyl halides is 6. The molecule has 0 aliphatic heterocycles. The highest BCUT2D eigenvalue weighted by Gasteiger charge is 2.41. The number of benzene rings is 2. The fourth-order valence-corrected chi connectivity index (χ4v) is 6.82. The quantitative estimate of drug-likeness (QED) is 0.151. The SMILES string of the molecule is CCc1cc(-c2cc(NC(=O)Nc3cc(C(F)(F)F)cc(C(F)(F)F)c3)nn2C)cc2cnc(N(C(=O)O)C3CCC(N(C(=O)OC(C)(C)C)C(=O)OC(C)(C)C)CC3)nc12.